The third-order valence-electron chi connectivity index (χ3n) is 7.34. The molecule has 192 valence electrons. The van der Waals surface area contributed by atoms with Crippen LogP contribution in [-0.4, -0.2) is 60.3 Å². The first kappa shape index (κ1) is 24.7. The van der Waals surface area contributed by atoms with Crippen LogP contribution in [0.3, 0.4) is 0 Å². The summed E-state index contributed by atoms with van der Waals surface area (Å²) in [6.07, 6.45) is 3.05. The molecule has 2 aliphatic rings. The normalized spacial score (nSPS) is 20.5. The van der Waals surface area contributed by atoms with Gasteiger partial charge in [-0.2, -0.15) is 4.31 Å². The Labute approximate surface area is 210 Å². The van der Waals surface area contributed by atoms with Crippen molar-refractivity contribution in [1.29, 1.82) is 0 Å². The van der Waals surface area contributed by atoms with Gasteiger partial charge in [-0.15, -0.1) is 0 Å². The lowest BCUT2D eigenvalue weighted by molar-refractivity contribution is -0.127. The highest BCUT2D eigenvalue weighted by Crippen LogP contribution is 2.26. The Balaban J connectivity index is 1.18. The fourth-order valence-electron chi connectivity index (χ4n) is 5.19. The van der Waals surface area contributed by atoms with Crippen LogP contribution in [0.2, 0.25) is 0 Å². The predicted molar refractivity (Wildman–Crippen MR) is 136 cm³/mol. The molecule has 2 aliphatic heterocycles. The van der Waals surface area contributed by atoms with E-state index in [-0.39, 0.29) is 34.9 Å². The van der Waals surface area contributed by atoms with Crippen molar-refractivity contribution in [3.8, 4) is 0 Å². The topological polar surface area (TPSA) is 105 Å². The Morgan fingerprint density at radius 2 is 1.81 bits per heavy atom. The standard InChI is InChI=1S/C26H32N4O5S/c1-28-23-10-9-22(16-24(23)35-26(28)32)36(33,34)30-13-5-8-20(18-30)25(31)27-21-11-14-29(15-12-21)17-19-6-3-2-4-7-19/h2-4,6-7,9-10,16,20-21H,5,8,11-15,17-18H2,1H3,(H,27,31). The largest absolute Gasteiger partial charge is 0.419 e. The van der Waals surface area contributed by atoms with Crippen molar-refractivity contribution in [3.63, 3.8) is 0 Å². The Bertz CT molecular complexity index is 1390. The van der Waals surface area contributed by atoms with E-state index in [2.05, 4.69) is 22.3 Å². The van der Waals surface area contributed by atoms with Crippen LogP contribution in [0, 0.1) is 5.92 Å². The highest BCUT2D eigenvalue weighted by Gasteiger charge is 2.34. The van der Waals surface area contributed by atoms with Crippen LogP contribution >= 0.6 is 0 Å². The summed E-state index contributed by atoms with van der Waals surface area (Å²) < 4.78 is 34.5. The zero-order valence-electron chi connectivity index (χ0n) is 20.4. The third-order valence-corrected chi connectivity index (χ3v) is 9.20. The van der Waals surface area contributed by atoms with Gasteiger partial charge in [-0.25, -0.2) is 13.2 Å². The summed E-state index contributed by atoms with van der Waals surface area (Å²) in [4.78, 5) is 27.3. The average Bonchev–Trinajstić information content (AvgIpc) is 3.18. The van der Waals surface area contributed by atoms with Gasteiger partial charge in [-0.1, -0.05) is 30.3 Å². The number of sulfonamides is 1. The molecule has 1 aromatic heterocycles. The number of nitrogens with one attached hydrogen (secondary N) is 1. The van der Waals surface area contributed by atoms with E-state index in [0.29, 0.717) is 24.9 Å². The number of likely N-dealkylation sites (tertiary alicyclic amines) is 1. The number of amides is 1. The molecule has 3 aromatic rings. The molecule has 1 N–H and O–H groups in total. The number of fused-ring (bicyclic) bond motifs is 1. The molecule has 3 heterocycles. The molecule has 1 atom stereocenters. The maximum absolute atomic E-state index is 13.3. The number of carbonyl (C=O) groups is 1. The molecule has 9 nitrogen and oxygen atoms in total. The van der Waals surface area contributed by atoms with E-state index in [4.69, 9.17) is 4.42 Å². The van der Waals surface area contributed by atoms with E-state index < -0.39 is 15.8 Å². The molecule has 1 amide bonds. The molecule has 0 saturated carbocycles. The molecule has 2 fully saturated rings. The van der Waals surface area contributed by atoms with E-state index in [0.717, 1.165) is 32.5 Å². The zero-order chi connectivity index (χ0) is 25.3. The van der Waals surface area contributed by atoms with Gasteiger partial charge in [0.2, 0.25) is 15.9 Å². The van der Waals surface area contributed by atoms with Crippen LogP contribution in [-0.2, 0) is 28.4 Å². The summed E-state index contributed by atoms with van der Waals surface area (Å²) in [6.45, 7) is 3.26. The van der Waals surface area contributed by atoms with Gasteiger partial charge >= 0.3 is 5.76 Å². The molecule has 36 heavy (non-hydrogen) atoms. The van der Waals surface area contributed by atoms with Crippen LogP contribution in [0.5, 0.6) is 0 Å². The van der Waals surface area contributed by atoms with Gasteiger partial charge in [-0.3, -0.25) is 14.3 Å². The monoisotopic (exact) mass is 512 g/mol. The van der Waals surface area contributed by atoms with Crippen molar-refractivity contribution in [3.05, 3.63) is 64.6 Å². The van der Waals surface area contributed by atoms with E-state index in [1.54, 1.807) is 13.1 Å². The molecule has 5 rings (SSSR count). The minimum Gasteiger partial charge on any atom is -0.408 e. The maximum Gasteiger partial charge on any atom is 0.419 e. The number of hydrogen-bond acceptors (Lipinski definition) is 6. The minimum absolute atomic E-state index is 0.0659. The summed E-state index contributed by atoms with van der Waals surface area (Å²) in [5, 5.41) is 3.18. The highest BCUT2D eigenvalue weighted by atomic mass is 32.2. The quantitative estimate of drug-likeness (QED) is 0.544. The van der Waals surface area contributed by atoms with E-state index in [1.807, 2.05) is 18.2 Å². The average molecular weight is 513 g/mol. The number of benzene rings is 2. The molecular weight excluding hydrogens is 480 g/mol. The summed E-state index contributed by atoms with van der Waals surface area (Å²) >= 11 is 0. The first-order valence-electron chi connectivity index (χ1n) is 12.5. The number of aryl methyl sites for hydroxylation is 1. The number of nitrogens with zero attached hydrogens (tertiary/aromatic N) is 3. The number of aromatic nitrogens is 1. The van der Waals surface area contributed by atoms with Crippen LogP contribution in [0.25, 0.3) is 11.1 Å². The summed E-state index contributed by atoms with van der Waals surface area (Å²) in [5.41, 5.74) is 2.05. The molecule has 0 bridgehead atoms. The smallest absolute Gasteiger partial charge is 0.408 e. The number of piperidine rings is 2. The zero-order valence-corrected chi connectivity index (χ0v) is 21.2. The van der Waals surface area contributed by atoms with Crippen LogP contribution in [0.1, 0.15) is 31.2 Å². The van der Waals surface area contributed by atoms with Crippen LogP contribution < -0.4 is 11.1 Å². The van der Waals surface area contributed by atoms with Crippen molar-refractivity contribution < 1.29 is 17.6 Å². The lowest BCUT2D eigenvalue weighted by Gasteiger charge is -2.35. The first-order valence-corrected chi connectivity index (χ1v) is 13.9. The minimum atomic E-state index is -3.82. The molecular formula is C26H32N4O5S. The van der Waals surface area contributed by atoms with Gasteiger partial charge in [0.15, 0.2) is 5.58 Å². The summed E-state index contributed by atoms with van der Waals surface area (Å²) in [6, 6.07) is 14.9. The summed E-state index contributed by atoms with van der Waals surface area (Å²) in [5.74, 6) is -0.990. The van der Waals surface area contributed by atoms with Gasteiger partial charge in [0.05, 0.1) is 16.3 Å². The van der Waals surface area contributed by atoms with Gasteiger partial charge in [0, 0.05) is 51.9 Å². The van der Waals surface area contributed by atoms with Gasteiger partial charge < -0.3 is 9.73 Å². The Kier molecular flexibility index (Phi) is 7.00. The number of hydrogen-bond donors (Lipinski definition) is 1. The highest BCUT2D eigenvalue weighted by molar-refractivity contribution is 7.89. The molecule has 2 aromatic carbocycles. The Hall–Kier alpha value is -2.95. The Morgan fingerprint density at radius 1 is 1.06 bits per heavy atom. The fourth-order valence-corrected chi connectivity index (χ4v) is 6.73. The second-order valence-corrected chi connectivity index (χ2v) is 11.7. The van der Waals surface area contributed by atoms with Gasteiger partial charge in [-0.05, 0) is 43.4 Å². The predicted octanol–water partition coefficient (Wildman–Crippen LogP) is 2.31. The lowest BCUT2D eigenvalue weighted by Crippen LogP contribution is -2.50. The molecule has 2 saturated heterocycles. The number of carbonyl (C=O) groups excluding carboxylic acids is 1. The van der Waals surface area contributed by atoms with Crippen molar-refractivity contribution in [1.82, 2.24) is 19.1 Å². The van der Waals surface area contributed by atoms with Crippen molar-refractivity contribution >= 4 is 27.0 Å². The second kappa shape index (κ2) is 10.2. The maximum atomic E-state index is 13.3. The van der Waals surface area contributed by atoms with E-state index >= 15 is 0 Å². The molecule has 0 radical (unpaired) electrons. The van der Waals surface area contributed by atoms with Crippen molar-refractivity contribution in [2.45, 2.75) is 43.2 Å². The lowest BCUT2D eigenvalue weighted by atomic mass is 9.97. The molecule has 0 aliphatic carbocycles. The van der Waals surface area contributed by atoms with E-state index in [9.17, 15) is 18.0 Å². The summed E-state index contributed by atoms with van der Waals surface area (Å²) in [7, 11) is -2.25. The number of oxazole rings is 1. The van der Waals surface area contributed by atoms with Gasteiger partial charge in [0.25, 0.3) is 0 Å². The van der Waals surface area contributed by atoms with Gasteiger partial charge in [0.1, 0.15) is 0 Å². The Morgan fingerprint density at radius 3 is 2.56 bits per heavy atom. The number of rotatable bonds is 6. The molecule has 0 spiro atoms. The molecule has 1 unspecified atom stereocenters. The van der Waals surface area contributed by atoms with Crippen LogP contribution in [0.15, 0.2) is 62.6 Å². The SMILES string of the molecule is Cn1c(=O)oc2cc(S(=O)(=O)N3CCCC(C(=O)NC4CCN(Cc5ccccc5)CC4)C3)ccc21. The first-order chi connectivity index (χ1) is 17.3. The van der Waals surface area contributed by atoms with E-state index in [1.165, 1.54) is 26.6 Å². The van der Waals surface area contributed by atoms with Crippen LogP contribution in [0.4, 0.5) is 0 Å². The van der Waals surface area contributed by atoms with Crippen molar-refractivity contribution in [2.24, 2.45) is 13.0 Å². The fraction of sp³-hybridized carbons (Fsp3) is 0.462. The second-order valence-electron chi connectivity index (χ2n) is 9.80. The van der Waals surface area contributed by atoms with Crippen molar-refractivity contribution in [2.75, 3.05) is 26.2 Å². The third kappa shape index (κ3) is 5.11. The molecule has 10 heteroatoms.